The summed E-state index contributed by atoms with van der Waals surface area (Å²) in [4.78, 5) is 18.9. The van der Waals surface area contributed by atoms with E-state index in [-0.39, 0.29) is 11.2 Å². The number of pyridine rings is 1. The topological polar surface area (TPSA) is 94.3 Å². The van der Waals surface area contributed by atoms with Crippen LogP contribution in [0.25, 0.3) is 0 Å². The molecule has 1 saturated heterocycles. The number of hydrogen-bond acceptors (Lipinski definition) is 5. The molecule has 3 aromatic rings. The van der Waals surface area contributed by atoms with E-state index in [1.54, 1.807) is 30.5 Å². The molecule has 1 unspecified atom stereocenters. The number of para-hydroxylation sites is 2. The van der Waals surface area contributed by atoms with Crippen LogP contribution in [0.4, 0.5) is 17.1 Å². The zero-order valence-electron chi connectivity index (χ0n) is 15.8. The smallest absolute Gasteiger partial charge is 0.255 e. The Balaban J connectivity index is 1.39. The Labute approximate surface area is 172 Å². The van der Waals surface area contributed by atoms with Crippen molar-refractivity contribution in [3.05, 3.63) is 78.5 Å². The predicted molar refractivity (Wildman–Crippen MR) is 117 cm³/mol. The van der Waals surface area contributed by atoms with Crippen LogP contribution in [0.2, 0.25) is 0 Å². The molecule has 0 saturated carbocycles. The van der Waals surface area contributed by atoms with E-state index in [1.807, 2.05) is 42.5 Å². The molecule has 2 atom stereocenters. The number of nitrogens with zero attached hydrogens (tertiary/aromatic N) is 2. The molecule has 1 aliphatic rings. The van der Waals surface area contributed by atoms with Crippen molar-refractivity contribution < 1.29 is 9.35 Å². The summed E-state index contributed by atoms with van der Waals surface area (Å²) in [6.45, 7) is 1.53. The van der Waals surface area contributed by atoms with Crippen LogP contribution in [0.5, 0.6) is 0 Å². The minimum Gasteiger partial charge on any atom is -0.610 e. The average Bonchev–Trinajstić information content (AvgIpc) is 3.26. The molecule has 2 aromatic carbocycles. The number of benzene rings is 2. The number of amides is 1. The van der Waals surface area contributed by atoms with Crippen molar-refractivity contribution in [1.29, 1.82) is 0 Å². The van der Waals surface area contributed by atoms with Crippen molar-refractivity contribution in [2.75, 3.05) is 29.0 Å². The number of aromatic nitrogens is 1. The summed E-state index contributed by atoms with van der Waals surface area (Å²) in [6, 6.07) is 20.1. The van der Waals surface area contributed by atoms with Gasteiger partial charge in [0.25, 0.3) is 5.91 Å². The van der Waals surface area contributed by atoms with Gasteiger partial charge in [-0.15, -0.1) is 0 Å². The van der Waals surface area contributed by atoms with Crippen molar-refractivity contribution in [3.8, 4) is 0 Å². The summed E-state index contributed by atoms with van der Waals surface area (Å²) in [5, 5.41) is 3.51. The van der Waals surface area contributed by atoms with E-state index in [9.17, 15) is 9.35 Å². The molecule has 2 heterocycles. The lowest BCUT2D eigenvalue weighted by Gasteiger charge is -2.20. The van der Waals surface area contributed by atoms with Crippen molar-refractivity contribution in [2.24, 2.45) is 0 Å². The molecular weight excluding hydrogens is 384 g/mol. The molecule has 0 bridgehead atoms. The first-order chi connectivity index (χ1) is 14.1. The lowest BCUT2D eigenvalue weighted by atomic mass is 10.1. The van der Waals surface area contributed by atoms with Crippen LogP contribution in [0, 0.1) is 0 Å². The Morgan fingerprint density at radius 1 is 1.10 bits per heavy atom. The van der Waals surface area contributed by atoms with Crippen LogP contribution in [-0.4, -0.2) is 33.8 Å². The highest BCUT2D eigenvalue weighted by Gasteiger charge is 2.33. The van der Waals surface area contributed by atoms with Crippen LogP contribution in [-0.2, 0) is 11.2 Å². The van der Waals surface area contributed by atoms with E-state index in [4.69, 9.17) is 5.73 Å². The van der Waals surface area contributed by atoms with Gasteiger partial charge in [-0.3, -0.25) is 4.79 Å². The number of rotatable bonds is 5. The normalized spacial score (nSPS) is 17.1. The maximum absolute atomic E-state index is 12.7. The van der Waals surface area contributed by atoms with Crippen molar-refractivity contribution in [2.45, 2.75) is 16.7 Å². The number of nitrogens with two attached hydrogens (primary N) is 1. The van der Waals surface area contributed by atoms with Crippen molar-refractivity contribution in [1.82, 2.24) is 4.98 Å². The zero-order chi connectivity index (χ0) is 20.2. The first-order valence-corrected chi connectivity index (χ1v) is 10.7. The van der Waals surface area contributed by atoms with Gasteiger partial charge in [0.1, 0.15) is 5.25 Å². The minimum atomic E-state index is -1.12. The second-order valence-corrected chi connectivity index (χ2v) is 8.59. The standard InChI is InChI=1S/C22H22N4O2S/c23-19-5-1-2-6-20(19)25-22(27)16-8-10-17(11-9-16)26-14-12-18(15-26)29(28)21-7-3-4-13-24-21/h1-11,13,18H,12,14-15,23H2,(H,25,27)/t18-,29?/m0/s1. The highest BCUT2D eigenvalue weighted by atomic mass is 32.2. The highest BCUT2D eigenvalue weighted by Crippen LogP contribution is 2.27. The summed E-state index contributed by atoms with van der Waals surface area (Å²) in [7, 11) is 0. The molecule has 1 aromatic heterocycles. The van der Waals surface area contributed by atoms with Gasteiger partial charge in [-0.1, -0.05) is 18.2 Å². The van der Waals surface area contributed by atoms with Gasteiger partial charge in [0.15, 0.2) is 0 Å². The summed E-state index contributed by atoms with van der Waals surface area (Å²) in [6.07, 6.45) is 2.52. The van der Waals surface area contributed by atoms with Crippen molar-refractivity contribution >= 4 is 34.1 Å². The molecule has 0 spiro atoms. The SMILES string of the molecule is Nc1ccccc1NC(=O)c1ccc(N2CC[C@H]([S+]([O-])c3ccccn3)C2)cc1. The van der Waals surface area contributed by atoms with Gasteiger partial charge in [0.05, 0.1) is 17.9 Å². The average molecular weight is 407 g/mol. The number of nitrogen functional groups attached to an aromatic ring is 1. The Morgan fingerprint density at radius 2 is 1.86 bits per heavy atom. The molecular formula is C22H22N4O2S. The number of nitrogens with one attached hydrogen (secondary N) is 1. The molecule has 4 rings (SSSR count). The number of carbonyl (C=O) groups excluding carboxylic acids is 1. The quantitative estimate of drug-likeness (QED) is 0.501. The molecule has 29 heavy (non-hydrogen) atoms. The van der Waals surface area contributed by atoms with Crippen LogP contribution in [0.15, 0.2) is 78.0 Å². The number of carbonyl (C=O) groups is 1. The first-order valence-electron chi connectivity index (χ1n) is 9.44. The summed E-state index contributed by atoms with van der Waals surface area (Å²) >= 11 is -1.12. The van der Waals surface area contributed by atoms with E-state index in [1.165, 1.54) is 0 Å². The molecule has 0 aliphatic carbocycles. The maximum Gasteiger partial charge on any atom is 0.255 e. The van der Waals surface area contributed by atoms with Crippen LogP contribution in [0.3, 0.4) is 0 Å². The minimum absolute atomic E-state index is 0.0499. The fraction of sp³-hybridized carbons (Fsp3) is 0.182. The van der Waals surface area contributed by atoms with Crippen LogP contribution < -0.4 is 16.0 Å². The van der Waals surface area contributed by atoms with Crippen molar-refractivity contribution in [3.63, 3.8) is 0 Å². The predicted octanol–water partition coefficient (Wildman–Crippen LogP) is 3.30. The fourth-order valence-electron chi connectivity index (χ4n) is 3.40. The molecule has 6 nitrogen and oxygen atoms in total. The molecule has 7 heteroatoms. The third-order valence-corrected chi connectivity index (χ3v) is 6.64. The lowest BCUT2D eigenvalue weighted by molar-refractivity contribution is 0.102. The highest BCUT2D eigenvalue weighted by molar-refractivity contribution is 7.92. The van der Waals surface area contributed by atoms with E-state index in [2.05, 4.69) is 15.2 Å². The molecule has 1 amide bonds. The first kappa shape index (κ1) is 19.3. The zero-order valence-corrected chi connectivity index (χ0v) is 16.6. The largest absolute Gasteiger partial charge is 0.610 e. The van der Waals surface area contributed by atoms with E-state index < -0.39 is 11.2 Å². The van der Waals surface area contributed by atoms with Gasteiger partial charge in [0.2, 0.25) is 5.03 Å². The van der Waals surface area contributed by atoms with Gasteiger partial charge in [-0.25, -0.2) is 4.98 Å². The van der Waals surface area contributed by atoms with E-state index >= 15 is 0 Å². The fourth-order valence-corrected chi connectivity index (χ4v) is 4.76. The Morgan fingerprint density at radius 3 is 2.59 bits per heavy atom. The maximum atomic E-state index is 12.7. The molecule has 1 fully saturated rings. The van der Waals surface area contributed by atoms with Gasteiger partial charge in [-0.05, 0) is 42.5 Å². The summed E-state index contributed by atoms with van der Waals surface area (Å²) < 4.78 is 12.7. The third-order valence-electron chi connectivity index (χ3n) is 5.00. The Bertz CT molecular complexity index is 982. The second kappa shape index (κ2) is 8.55. The summed E-state index contributed by atoms with van der Waals surface area (Å²) in [5.41, 5.74) is 8.58. The third kappa shape index (κ3) is 4.36. The Hall–Kier alpha value is -3.03. The number of anilines is 3. The van der Waals surface area contributed by atoms with Gasteiger partial charge in [-0.2, -0.15) is 0 Å². The van der Waals surface area contributed by atoms with Crippen LogP contribution >= 0.6 is 0 Å². The van der Waals surface area contributed by atoms with Gasteiger partial charge in [0, 0.05) is 47.7 Å². The van der Waals surface area contributed by atoms with Gasteiger partial charge >= 0.3 is 0 Å². The van der Waals surface area contributed by atoms with Gasteiger partial charge < -0.3 is 20.5 Å². The lowest BCUT2D eigenvalue weighted by Crippen LogP contribution is -2.27. The Kier molecular flexibility index (Phi) is 5.69. The van der Waals surface area contributed by atoms with E-state index in [0.717, 1.165) is 18.7 Å². The second-order valence-electron chi connectivity index (χ2n) is 6.91. The monoisotopic (exact) mass is 406 g/mol. The molecule has 3 N–H and O–H groups in total. The molecule has 0 radical (unpaired) electrons. The van der Waals surface area contributed by atoms with E-state index in [0.29, 0.717) is 28.5 Å². The molecule has 148 valence electrons. The van der Waals surface area contributed by atoms with Crippen LogP contribution in [0.1, 0.15) is 16.8 Å². The summed E-state index contributed by atoms with van der Waals surface area (Å²) in [5.74, 6) is -0.204. The molecule has 1 aliphatic heterocycles. The number of hydrogen-bond donors (Lipinski definition) is 2.